The monoisotopic (exact) mass is 355 g/mol. The zero-order valence-corrected chi connectivity index (χ0v) is 14.8. The predicted octanol–water partition coefficient (Wildman–Crippen LogP) is 3.06. The van der Waals surface area contributed by atoms with Crippen LogP contribution < -0.4 is 5.32 Å². The summed E-state index contributed by atoms with van der Waals surface area (Å²) in [6, 6.07) is 2.37. The zero-order valence-electron chi connectivity index (χ0n) is 13.2. The molecule has 0 aromatic carbocycles. The molecule has 4 nitrogen and oxygen atoms in total. The van der Waals surface area contributed by atoms with Gasteiger partial charge >= 0.3 is 0 Å². The third kappa shape index (κ3) is 4.58. The third-order valence-electron chi connectivity index (χ3n) is 4.48. The molecule has 0 spiro atoms. The van der Waals surface area contributed by atoms with Crippen LogP contribution in [0.2, 0.25) is 0 Å². The average Bonchev–Trinajstić information content (AvgIpc) is 2.77. The Morgan fingerprint density at radius 2 is 2.14 bits per heavy atom. The van der Waals surface area contributed by atoms with Crippen molar-refractivity contribution in [2.45, 2.75) is 57.7 Å². The van der Waals surface area contributed by atoms with Crippen molar-refractivity contribution in [3.63, 3.8) is 0 Å². The van der Waals surface area contributed by atoms with Crippen LogP contribution in [-0.4, -0.2) is 34.5 Å². The SMILES string of the molecule is C[C@H](C(=O)NC1CCCCC1)N(C)Cc1cc(Br)cn1C. The molecule has 0 saturated heterocycles. The van der Waals surface area contributed by atoms with Crippen molar-refractivity contribution >= 4 is 21.8 Å². The molecule has 0 unspecified atom stereocenters. The number of aromatic nitrogens is 1. The molecule has 1 N–H and O–H groups in total. The van der Waals surface area contributed by atoms with E-state index in [1.54, 1.807) is 0 Å². The molecule has 1 heterocycles. The largest absolute Gasteiger partial charge is 0.352 e. The summed E-state index contributed by atoms with van der Waals surface area (Å²) in [6.45, 7) is 2.75. The average molecular weight is 356 g/mol. The molecule has 1 amide bonds. The number of carbonyl (C=O) groups is 1. The van der Waals surface area contributed by atoms with Gasteiger partial charge in [-0.05, 0) is 48.8 Å². The molecule has 0 bridgehead atoms. The van der Waals surface area contributed by atoms with E-state index < -0.39 is 0 Å². The minimum atomic E-state index is -0.111. The van der Waals surface area contributed by atoms with E-state index in [4.69, 9.17) is 0 Å². The predicted molar refractivity (Wildman–Crippen MR) is 89.1 cm³/mol. The molecule has 1 aromatic heterocycles. The highest BCUT2D eigenvalue weighted by atomic mass is 79.9. The van der Waals surface area contributed by atoms with Crippen LogP contribution in [0.3, 0.4) is 0 Å². The first-order valence-corrected chi connectivity index (χ1v) is 8.58. The molecule has 1 saturated carbocycles. The molecule has 1 fully saturated rings. The Hall–Kier alpha value is -0.810. The Morgan fingerprint density at radius 3 is 2.71 bits per heavy atom. The lowest BCUT2D eigenvalue weighted by Crippen LogP contribution is -2.47. The van der Waals surface area contributed by atoms with Crippen molar-refractivity contribution < 1.29 is 4.79 Å². The number of halogens is 1. The molecule has 21 heavy (non-hydrogen) atoms. The normalized spacial score (nSPS) is 18.0. The van der Waals surface area contributed by atoms with E-state index in [2.05, 4.69) is 36.8 Å². The lowest BCUT2D eigenvalue weighted by Gasteiger charge is -2.28. The van der Waals surface area contributed by atoms with Gasteiger partial charge in [0.25, 0.3) is 0 Å². The van der Waals surface area contributed by atoms with Crippen molar-refractivity contribution in [1.82, 2.24) is 14.8 Å². The summed E-state index contributed by atoms with van der Waals surface area (Å²) >= 11 is 3.49. The van der Waals surface area contributed by atoms with Crippen molar-refractivity contribution in [1.29, 1.82) is 0 Å². The van der Waals surface area contributed by atoms with Gasteiger partial charge in [0.1, 0.15) is 0 Å². The Kier molecular flexibility index (Phi) is 5.88. The highest BCUT2D eigenvalue weighted by Crippen LogP contribution is 2.18. The maximum absolute atomic E-state index is 12.4. The summed E-state index contributed by atoms with van der Waals surface area (Å²) in [6.07, 6.45) is 8.10. The summed E-state index contributed by atoms with van der Waals surface area (Å²) in [5.74, 6) is 0.151. The Bertz CT molecular complexity index is 480. The van der Waals surface area contributed by atoms with Crippen molar-refractivity contribution in [3.05, 3.63) is 22.4 Å². The van der Waals surface area contributed by atoms with Gasteiger partial charge in [-0.2, -0.15) is 0 Å². The zero-order chi connectivity index (χ0) is 15.4. The van der Waals surface area contributed by atoms with Gasteiger partial charge < -0.3 is 9.88 Å². The van der Waals surface area contributed by atoms with Gasteiger partial charge in [-0.25, -0.2) is 0 Å². The molecule has 0 aliphatic heterocycles. The van der Waals surface area contributed by atoms with Gasteiger partial charge in [0.2, 0.25) is 5.91 Å². The molecular formula is C16H26BrN3O. The van der Waals surface area contributed by atoms with Crippen molar-refractivity contribution in [2.75, 3.05) is 7.05 Å². The molecule has 118 valence electrons. The summed E-state index contributed by atoms with van der Waals surface area (Å²) in [5.41, 5.74) is 1.20. The minimum absolute atomic E-state index is 0.111. The minimum Gasteiger partial charge on any atom is -0.352 e. The number of nitrogens with one attached hydrogen (secondary N) is 1. The standard InChI is InChI=1S/C16H26BrN3O/c1-12(16(21)18-14-7-5-4-6-8-14)19(2)11-15-9-13(17)10-20(15)3/h9-10,12,14H,4-8,11H2,1-3H3,(H,18,21)/t12-/m1/s1. The molecule has 1 aliphatic carbocycles. The van der Waals surface area contributed by atoms with E-state index in [0.717, 1.165) is 23.9 Å². The topological polar surface area (TPSA) is 37.3 Å². The number of amides is 1. The Morgan fingerprint density at radius 1 is 1.48 bits per heavy atom. The first-order chi connectivity index (χ1) is 9.97. The van der Waals surface area contributed by atoms with Gasteiger partial charge in [-0.15, -0.1) is 0 Å². The summed E-state index contributed by atoms with van der Waals surface area (Å²) < 4.78 is 3.17. The van der Waals surface area contributed by atoms with Gasteiger partial charge in [-0.3, -0.25) is 9.69 Å². The molecule has 2 rings (SSSR count). The van der Waals surface area contributed by atoms with Crippen molar-refractivity contribution in [2.24, 2.45) is 7.05 Å². The highest BCUT2D eigenvalue weighted by molar-refractivity contribution is 9.10. The summed E-state index contributed by atoms with van der Waals surface area (Å²) in [7, 11) is 4.03. The summed E-state index contributed by atoms with van der Waals surface area (Å²) in [5, 5.41) is 3.21. The van der Waals surface area contributed by atoms with Crippen LogP contribution in [0.15, 0.2) is 16.7 Å². The van der Waals surface area contributed by atoms with Crippen LogP contribution in [0.1, 0.15) is 44.7 Å². The molecule has 5 heteroatoms. The van der Waals surface area contributed by atoms with Crippen LogP contribution in [-0.2, 0) is 18.4 Å². The smallest absolute Gasteiger partial charge is 0.237 e. The van der Waals surface area contributed by atoms with Crippen LogP contribution in [0.25, 0.3) is 0 Å². The maximum Gasteiger partial charge on any atom is 0.237 e. The number of likely N-dealkylation sites (N-methyl/N-ethyl adjacent to an activating group) is 1. The first kappa shape index (κ1) is 16.6. The van der Waals surface area contributed by atoms with Gasteiger partial charge in [-0.1, -0.05) is 19.3 Å². The van der Waals surface area contributed by atoms with E-state index in [1.165, 1.54) is 25.0 Å². The fraction of sp³-hybridized carbons (Fsp3) is 0.688. The first-order valence-electron chi connectivity index (χ1n) is 7.78. The third-order valence-corrected chi connectivity index (χ3v) is 4.91. The highest BCUT2D eigenvalue weighted by Gasteiger charge is 2.22. The van der Waals surface area contributed by atoms with Gasteiger partial charge in [0, 0.05) is 36.0 Å². The van der Waals surface area contributed by atoms with Crippen LogP contribution in [0, 0.1) is 0 Å². The number of carbonyl (C=O) groups excluding carboxylic acids is 1. The van der Waals surface area contributed by atoms with E-state index >= 15 is 0 Å². The van der Waals surface area contributed by atoms with E-state index in [9.17, 15) is 4.79 Å². The van der Waals surface area contributed by atoms with Crippen LogP contribution in [0.4, 0.5) is 0 Å². The molecule has 1 aliphatic rings. The van der Waals surface area contributed by atoms with Gasteiger partial charge in [0.05, 0.1) is 6.04 Å². The fourth-order valence-corrected chi connectivity index (χ4v) is 3.46. The second-order valence-electron chi connectivity index (χ2n) is 6.20. The number of rotatable bonds is 5. The molecule has 1 atom stereocenters. The number of hydrogen-bond donors (Lipinski definition) is 1. The molecular weight excluding hydrogens is 330 g/mol. The van der Waals surface area contributed by atoms with E-state index in [1.807, 2.05) is 27.2 Å². The second-order valence-corrected chi connectivity index (χ2v) is 7.11. The number of nitrogens with zero attached hydrogens (tertiary/aromatic N) is 2. The van der Waals surface area contributed by atoms with E-state index in [-0.39, 0.29) is 11.9 Å². The fourth-order valence-electron chi connectivity index (χ4n) is 2.88. The number of aryl methyl sites for hydroxylation is 1. The number of hydrogen-bond acceptors (Lipinski definition) is 2. The summed E-state index contributed by atoms with van der Waals surface area (Å²) in [4.78, 5) is 14.5. The van der Waals surface area contributed by atoms with Crippen molar-refractivity contribution in [3.8, 4) is 0 Å². The van der Waals surface area contributed by atoms with Crippen LogP contribution in [0.5, 0.6) is 0 Å². The maximum atomic E-state index is 12.4. The Labute approximate surface area is 136 Å². The van der Waals surface area contributed by atoms with Crippen LogP contribution >= 0.6 is 15.9 Å². The quantitative estimate of drug-likeness (QED) is 0.881. The molecule has 0 radical (unpaired) electrons. The van der Waals surface area contributed by atoms with E-state index in [0.29, 0.717) is 6.04 Å². The lowest BCUT2D eigenvalue weighted by atomic mass is 9.95. The van der Waals surface area contributed by atoms with Gasteiger partial charge in [0.15, 0.2) is 0 Å². The molecule has 1 aromatic rings. The Balaban J connectivity index is 1.87. The second kappa shape index (κ2) is 7.45. The lowest BCUT2D eigenvalue weighted by molar-refractivity contribution is -0.126.